The van der Waals surface area contributed by atoms with Crippen LogP contribution in [0.4, 0.5) is 26.3 Å². The van der Waals surface area contributed by atoms with Crippen LogP contribution in [0.2, 0.25) is 0 Å². The van der Waals surface area contributed by atoms with E-state index in [2.05, 4.69) is 14.0 Å². The van der Waals surface area contributed by atoms with Gasteiger partial charge in [0.25, 0.3) is 0 Å². The second-order valence-corrected chi connectivity index (χ2v) is 12.6. The number of halogens is 6. The maximum absolute atomic E-state index is 12.5. The van der Waals surface area contributed by atoms with Gasteiger partial charge in [-0.1, -0.05) is 13.3 Å². The number of likely N-dealkylation sites (tertiary alicyclic amines) is 2. The van der Waals surface area contributed by atoms with Crippen molar-refractivity contribution in [1.82, 2.24) is 0 Å². The smallest absolute Gasteiger partial charge is 0.326 e. The van der Waals surface area contributed by atoms with E-state index < -0.39 is 53.1 Å². The largest absolute Gasteiger partial charge is 0.549 e. The van der Waals surface area contributed by atoms with Crippen molar-refractivity contribution in [2.75, 3.05) is 40.3 Å². The van der Waals surface area contributed by atoms with Crippen LogP contribution in [-0.4, -0.2) is 81.9 Å². The molecule has 2 rings (SSSR count). The van der Waals surface area contributed by atoms with Gasteiger partial charge in [0.05, 0.1) is 40.3 Å². The van der Waals surface area contributed by atoms with Gasteiger partial charge in [0.1, 0.15) is 0 Å². The molecule has 0 amide bonds. The molecular formula is C16H30F6N2O4S2+2. The third kappa shape index (κ3) is 5.41. The predicted octanol–water partition coefficient (Wildman–Crippen LogP) is 3.36. The topological polar surface area (TPSA) is 68.3 Å². The van der Waals surface area contributed by atoms with E-state index in [1.165, 1.54) is 49.8 Å². The lowest BCUT2D eigenvalue weighted by Gasteiger charge is -2.34. The van der Waals surface area contributed by atoms with E-state index in [1.54, 1.807) is 0 Å². The number of sulfonamides is 1. The van der Waals surface area contributed by atoms with Crippen molar-refractivity contribution in [2.45, 2.75) is 61.8 Å². The molecule has 0 aromatic carbocycles. The number of rotatable bonds is 5. The van der Waals surface area contributed by atoms with Gasteiger partial charge >= 0.3 is 30.9 Å². The van der Waals surface area contributed by atoms with Crippen molar-refractivity contribution in [3.63, 3.8) is 0 Å². The Morgan fingerprint density at radius 2 is 1.33 bits per heavy atom. The molecule has 14 heteroatoms. The minimum absolute atomic E-state index is 0.337. The summed E-state index contributed by atoms with van der Waals surface area (Å²) in [6.45, 7) is 5.69. The van der Waals surface area contributed by atoms with Gasteiger partial charge in [0.2, 0.25) is 5.37 Å². The fourth-order valence-corrected chi connectivity index (χ4v) is 7.39. The van der Waals surface area contributed by atoms with Gasteiger partial charge < -0.3 is 4.48 Å². The molecule has 0 aromatic heterocycles. The minimum atomic E-state index is -6.11. The van der Waals surface area contributed by atoms with Crippen molar-refractivity contribution < 1.29 is 51.5 Å². The van der Waals surface area contributed by atoms with E-state index >= 15 is 0 Å². The van der Waals surface area contributed by atoms with Crippen molar-refractivity contribution >= 4 is 19.9 Å². The van der Waals surface area contributed by atoms with Gasteiger partial charge in [-0.3, -0.25) is 0 Å². The number of alkyl halides is 6. The van der Waals surface area contributed by atoms with Crippen LogP contribution < -0.4 is 0 Å². The Hall–Kier alpha value is -0.600. The number of hydrogen-bond acceptors (Lipinski definition) is 4. The average Bonchev–Trinajstić information content (AvgIpc) is 3.19. The first-order chi connectivity index (χ1) is 13.4. The van der Waals surface area contributed by atoms with Crippen LogP contribution in [0, 0.1) is 0 Å². The summed E-state index contributed by atoms with van der Waals surface area (Å²) in [5, 5.41) is -2.71. The Balaban J connectivity index is 0.000000375. The second kappa shape index (κ2) is 9.10. The van der Waals surface area contributed by atoms with E-state index in [4.69, 9.17) is 0 Å². The molecule has 2 heterocycles. The first-order valence-electron chi connectivity index (χ1n) is 9.66. The van der Waals surface area contributed by atoms with Crippen LogP contribution in [0.1, 0.15) is 45.4 Å². The van der Waals surface area contributed by atoms with E-state index in [0.29, 0.717) is 7.05 Å². The zero-order chi connectivity index (χ0) is 23.6. The van der Waals surface area contributed by atoms with Gasteiger partial charge in [0, 0.05) is 25.7 Å². The third-order valence-corrected chi connectivity index (χ3v) is 10.2. The molecule has 0 radical (unpaired) electrons. The monoisotopic (exact) mass is 492 g/mol. The van der Waals surface area contributed by atoms with Gasteiger partial charge in [-0.15, -0.1) is 0 Å². The lowest BCUT2D eigenvalue weighted by molar-refractivity contribution is -0.897. The predicted molar refractivity (Wildman–Crippen MR) is 99.0 cm³/mol. The summed E-state index contributed by atoms with van der Waals surface area (Å²) in [4.78, 5) is 0. The summed E-state index contributed by atoms with van der Waals surface area (Å²) in [7, 11) is -9.40. The maximum atomic E-state index is 12.5. The Morgan fingerprint density at radius 1 is 0.833 bits per heavy atom. The van der Waals surface area contributed by atoms with E-state index in [-0.39, 0.29) is 6.42 Å². The molecule has 0 bridgehead atoms. The average molecular weight is 493 g/mol. The van der Waals surface area contributed by atoms with Crippen LogP contribution in [0.25, 0.3) is 0 Å². The summed E-state index contributed by atoms with van der Waals surface area (Å²) in [5.74, 6) is 0. The van der Waals surface area contributed by atoms with Gasteiger partial charge in [0.15, 0.2) is 0 Å². The highest BCUT2D eigenvalue weighted by Crippen LogP contribution is 2.43. The Kier molecular flexibility index (Phi) is 8.32. The highest BCUT2D eigenvalue weighted by molar-refractivity contribution is 7.93. The van der Waals surface area contributed by atoms with Crippen LogP contribution in [-0.2, 0) is 19.9 Å². The number of unbranched alkanes of at least 4 members (excludes halogenated alkanes) is 1. The standard InChI is InChI=1S/C9H20N.C7H10F6NO4S2/c1-3-4-7-10(2)8-5-6-9-10;1-14(20(17,18)7(11,12)13)4-2-3-5(14)19(15,16)6(8,9)10/h3-9H2,1-2H3;5H,2-4H2,1H3/q2*+1. The summed E-state index contributed by atoms with van der Waals surface area (Å²) in [5.41, 5.74) is -11.7. The Morgan fingerprint density at radius 3 is 1.73 bits per heavy atom. The number of hydrogen-bond donors (Lipinski definition) is 0. The molecular weight excluding hydrogens is 462 g/mol. The Bertz CT molecular complexity index is 790. The number of nitrogens with zero attached hydrogens (tertiary/aromatic N) is 2. The van der Waals surface area contributed by atoms with Crippen LogP contribution in [0.5, 0.6) is 0 Å². The highest BCUT2D eigenvalue weighted by Gasteiger charge is 2.69. The fraction of sp³-hybridized carbons (Fsp3) is 1.00. The lowest BCUT2D eigenvalue weighted by Crippen LogP contribution is -2.61. The molecule has 180 valence electrons. The molecule has 2 unspecified atom stereocenters. The summed E-state index contributed by atoms with van der Waals surface area (Å²) in [6.07, 6.45) is 4.49. The van der Waals surface area contributed by atoms with Crippen molar-refractivity contribution in [2.24, 2.45) is 0 Å². The van der Waals surface area contributed by atoms with E-state index in [1.807, 2.05) is 0 Å². The fourth-order valence-electron chi connectivity index (χ4n) is 3.97. The summed E-state index contributed by atoms with van der Waals surface area (Å²) >= 11 is 0. The molecule has 30 heavy (non-hydrogen) atoms. The quantitative estimate of drug-likeness (QED) is 0.436. The molecule has 0 aromatic rings. The molecule has 2 fully saturated rings. The maximum Gasteiger partial charge on any atom is 0.549 e. The minimum Gasteiger partial charge on any atom is -0.326 e. The first kappa shape index (κ1) is 27.4. The SMILES string of the molecule is CCCC[N+]1(C)CCCC1.C[N+]1(S(=O)(=O)C(F)(F)F)CCCC1S(=O)(=O)C(F)(F)F. The molecule has 0 N–H and O–H groups in total. The molecule has 2 aliphatic rings. The normalized spacial score (nSPS) is 27.6. The van der Waals surface area contributed by atoms with Gasteiger partial charge in [-0.05, 0) is 6.42 Å². The number of sulfone groups is 1. The Labute approximate surface area is 174 Å². The molecule has 2 aliphatic heterocycles. The van der Waals surface area contributed by atoms with Gasteiger partial charge in [-0.25, -0.2) is 8.42 Å². The molecule has 0 spiro atoms. The summed E-state index contributed by atoms with van der Waals surface area (Å²) in [6, 6.07) is 0. The third-order valence-electron chi connectivity index (χ3n) is 5.88. The van der Waals surface area contributed by atoms with Gasteiger partial charge in [-0.2, -0.15) is 38.6 Å². The second-order valence-electron chi connectivity index (χ2n) is 8.26. The van der Waals surface area contributed by atoms with Crippen LogP contribution >= 0.6 is 0 Å². The van der Waals surface area contributed by atoms with Crippen molar-refractivity contribution in [3.05, 3.63) is 0 Å². The molecule has 2 atom stereocenters. The lowest BCUT2D eigenvalue weighted by atomic mass is 10.3. The van der Waals surface area contributed by atoms with Crippen LogP contribution in [0.3, 0.4) is 0 Å². The highest BCUT2D eigenvalue weighted by atomic mass is 32.2. The molecule has 2 saturated heterocycles. The molecule has 0 saturated carbocycles. The molecule has 0 aliphatic carbocycles. The first-order valence-corrected chi connectivity index (χ1v) is 12.6. The summed E-state index contributed by atoms with van der Waals surface area (Å²) < 4.78 is 119. The van der Waals surface area contributed by atoms with E-state index in [0.717, 1.165) is 0 Å². The molecule has 6 nitrogen and oxygen atoms in total. The van der Waals surface area contributed by atoms with E-state index in [9.17, 15) is 43.2 Å². The van der Waals surface area contributed by atoms with Crippen molar-refractivity contribution in [3.8, 4) is 0 Å². The zero-order valence-electron chi connectivity index (χ0n) is 17.3. The van der Waals surface area contributed by atoms with Crippen molar-refractivity contribution in [1.29, 1.82) is 0 Å². The number of quaternary nitrogens is 2. The van der Waals surface area contributed by atoms with Crippen LogP contribution in [0.15, 0.2) is 0 Å². The zero-order valence-corrected chi connectivity index (χ0v) is 18.9.